The zero-order valence-corrected chi connectivity index (χ0v) is 18.8. The van der Waals surface area contributed by atoms with Crippen LogP contribution in [0.25, 0.3) is 11.1 Å². The SMILES string of the molecule is C[C@@H]1CN(Cc2ccc(C(=O)NO)cc2)C[C@H](C)N1C(=O)c1cccc(-c2cccnc2)c1. The minimum Gasteiger partial charge on any atom is -0.331 e. The molecule has 2 aromatic carbocycles. The fourth-order valence-corrected chi connectivity index (χ4v) is 4.56. The van der Waals surface area contributed by atoms with Crippen molar-refractivity contribution in [1.82, 2.24) is 20.3 Å². The van der Waals surface area contributed by atoms with Crippen LogP contribution in [0, 0.1) is 0 Å². The second-order valence-corrected chi connectivity index (χ2v) is 8.56. The molecule has 0 bridgehead atoms. The number of rotatable bonds is 5. The van der Waals surface area contributed by atoms with E-state index in [1.54, 1.807) is 30.0 Å². The van der Waals surface area contributed by atoms with Crippen molar-refractivity contribution in [2.75, 3.05) is 13.1 Å². The summed E-state index contributed by atoms with van der Waals surface area (Å²) in [5, 5.41) is 8.76. The topological polar surface area (TPSA) is 85.8 Å². The minimum absolute atomic E-state index is 0.0414. The smallest absolute Gasteiger partial charge is 0.274 e. The predicted octanol–water partition coefficient (Wildman–Crippen LogP) is 3.60. The Morgan fingerprint density at radius 3 is 2.30 bits per heavy atom. The molecular weight excluding hydrogens is 416 g/mol. The van der Waals surface area contributed by atoms with Gasteiger partial charge in [-0.15, -0.1) is 0 Å². The first kappa shape index (κ1) is 22.6. The second kappa shape index (κ2) is 9.94. The van der Waals surface area contributed by atoms with Crippen molar-refractivity contribution in [2.24, 2.45) is 0 Å². The van der Waals surface area contributed by atoms with Crippen molar-refractivity contribution in [3.05, 3.63) is 89.7 Å². The lowest BCUT2D eigenvalue weighted by molar-refractivity contribution is 0.0268. The molecule has 1 aliphatic rings. The lowest BCUT2D eigenvalue weighted by Gasteiger charge is -2.44. The number of nitrogens with one attached hydrogen (secondary N) is 1. The molecule has 3 aromatic rings. The van der Waals surface area contributed by atoms with E-state index in [9.17, 15) is 9.59 Å². The van der Waals surface area contributed by atoms with Crippen molar-refractivity contribution < 1.29 is 14.8 Å². The summed E-state index contributed by atoms with van der Waals surface area (Å²) < 4.78 is 0. The Hall–Kier alpha value is -3.55. The molecule has 2 amide bonds. The number of benzene rings is 2. The standard InChI is InChI=1S/C26H28N4O3/c1-18-15-29(17-20-8-10-21(11-9-20)25(31)28-33)16-19(2)30(18)26(32)23-6-3-5-22(13-23)24-7-4-12-27-14-24/h3-14,18-19,33H,15-17H2,1-2H3,(H,28,31)/t18-,19+. The summed E-state index contributed by atoms with van der Waals surface area (Å²) in [6.45, 7) is 6.42. The number of hydrogen-bond donors (Lipinski definition) is 2. The fraction of sp³-hybridized carbons (Fsp3) is 0.269. The molecule has 2 heterocycles. The summed E-state index contributed by atoms with van der Waals surface area (Å²) in [5.74, 6) is -0.483. The number of pyridine rings is 1. The Morgan fingerprint density at radius 2 is 1.67 bits per heavy atom. The molecule has 0 radical (unpaired) electrons. The van der Waals surface area contributed by atoms with Gasteiger partial charge in [-0.1, -0.05) is 30.3 Å². The fourth-order valence-electron chi connectivity index (χ4n) is 4.56. The Kier molecular flexibility index (Phi) is 6.82. The van der Waals surface area contributed by atoms with E-state index >= 15 is 0 Å². The van der Waals surface area contributed by atoms with Crippen LogP contribution in [0.5, 0.6) is 0 Å². The van der Waals surface area contributed by atoms with E-state index < -0.39 is 5.91 Å². The quantitative estimate of drug-likeness (QED) is 0.464. The van der Waals surface area contributed by atoms with E-state index in [1.807, 2.05) is 53.4 Å². The van der Waals surface area contributed by atoms with Crippen LogP contribution in [0.15, 0.2) is 73.1 Å². The van der Waals surface area contributed by atoms with E-state index in [0.717, 1.165) is 36.3 Å². The average molecular weight is 445 g/mol. The van der Waals surface area contributed by atoms with Crippen LogP contribution in [-0.2, 0) is 6.54 Å². The summed E-state index contributed by atoms with van der Waals surface area (Å²) in [7, 11) is 0. The van der Waals surface area contributed by atoms with Crippen molar-refractivity contribution in [3.63, 3.8) is 0 Å². The molecule has 1 aliphatic heterocycles. The predicted molar refractivity (Wildman–Crippen MR) is 126 cm³/mol. The molecule has 2 N–H and O–H groups in total. The maximum Gasteiger partial charge on any atom is 0.274 e. The number of aromatic nitrogens is 1. The Balaban J connectivity index is 1.44. The highest BCUT2D eigenvalue weighted by Crippen LogP contribution is 2.24. The first-order valence-corrected chi connectivity index (χ1v) is 11.0. The van der Waals surface area contributed by atoms with Crippen molar-refractivity contribution in [2.45, 2.75) is 32.5 Å². The maximum absolute atomic E-state index is 13.4. The van der Waals surface area contributed by atoms with Gasteiger partial charge in [-0.3, -0.25) is 24.7 Å². The number of nitrogens with zero attached hydrogens (tertiary/aromatic N) is 3. The number of hydrogen-bond acceptors (Lipinski definition) is 5. The lowest BCUT2D eigenvalue weighted by atomic mass is 10.0. The van der Waals surface area contributed by atoms with E-state index in [0.29, 0.717) is 11.1 Å². The van der Waals surface area contributed by atoms with Gasteiger partial charge in [-0.25, -0.2) is 5.48 Å². The summed E-state index contributed by atoms with van der Waals surface area (Å²) in [5.41, 5.74) is 5.78. The van der Waals surface area contributed by atoms with Crippen LogP contribution in [0.2, 0.25) is 0 Å². The average Bonchev–Trinajstić information content (AvgIpc) is 2.84. The maximum atomic E-state index is 13.4. The molecule has 2 atom stereocenters. The number of piperazine rings is 1. The molecule has 1 aromatic heterocycles. The highest BCUT2D eigenvalue weighted by Gasteiger charge is 2.33. The molecule has 1 saturated heterocycles. The normalized spacial score (nSPS) is 18.7. The van der Waals surface area contributed by atoms with Gasteiger partial charge >= 0.3 is 0 Å². The molecule has 170 valence electrons. The molecule has 4 rings (SSSR count). The number of hydroxylamine groups is 1. The van der Waals surface area contributed by atoms with E-state index in [2.05, 4.69) is 23.7 Å². The monoisotopic (exact) mass is 444 g/mol. The molecule has 0 saturated carbocycles. The minimum atomic E-state index is -0.525. The van der Waals surface area contributed by atoms with Gasteiger partial charge in [0.25, 0.3) is 11.8 Å². The summed E-state index contributed by atoms with van der Waals surface area (Å²) >= 11 is 0. The molecule has 7 heteroatoms. The van der Waals surface area contributed by atoms with Crippen molar-refractivity contribution >= 4 is 11.8 Å². The third-order valence-corrected chi connectivity index (χ3v) is 6.06. The third kappa shape index (κ3) is 5.10. The molecule has 0 unspecified atom stereocenters. The summed E-state index contributed by atoms with van der Waals surface area (Å²) in [4.78, 5) is 33.4. The largest absolute Gasteiger partial charge is 0.331 e. The van der Waals surface area contributed by atoms with Gasteiger partial charge in [-0.05, 0) is 55.3 Å². The Bertz CT molecular complexity index is 1110. The van der Waals surface area contributed by atoms with Crippen LogP contribution in [0.3, 0.4) is 0 Å². The first-order chi connectivity index (χ1) is 16.0. The van der Waals surface area contributed by atoms with Crippen LogP contribution in [-0.4, -0.2) is 57.0 Å². The van der Waals surface area contributed by atoms with E-state index in [-0.39, 0.29) is 18.0 Å². The first-order valence-electron chi connectivity index (χ1n) is 11.0. The van der Waals surface area contributed by atoms with Crippen LogP contribution >= 0.6 is 0 Å². The van der Waals surface area contributed by atoms with E-state index in [1.165, 1.54) is 0 Å². The number of carbonyl (C=O) groups excluding carboxylic acids is 2. The highest BCUT2D eigenvalue weighted by atomic mass is 16.5. The summed E-state index contributed by atoms with van der Waals surface area (Å²) in [6, 6.07) is 18.9. The van der Waals surface area contributed by atoms with Gasteiger partial charge in [0.2, 0.25) is 0 Å². The van der Waals surface area contributed by atoms with Crippen LogP contribution in [0.1, 0.15) is 40.1 Å². The zero-order valence-electron chi connectivity index (χ0n) is 18.8. The molecule has 0 spiro atoms. The zero-order chi connectivity index (χ0) is 23.4. The molecule has 7 nitrogen and oxygen atoms in total. The van der Waals surface area contributed by atoms with Crippen molar-refractivity contribution in [1.29, 1.82) is 0 Å². The number of amides is 2. The Labute approximate surface area is 193 Å². The molecule has 1 fully saturated rings. The van der Waals surface area contributed by atoms with Gasteiger partial charge in [0.15, 0.2) is 0 Å². The van der Waals surface area contributed by atoms with Gasteiger partial charge < -0.3 is 4.90 Å². The highest BCUT2D eigenvalue weighted by molar-refractivity contribution is 5.96. The number of carbonyl (C=O) groups is 2. The third-order valence-electron chi connectivity index (χ3n) is 6.06. The van der Waals surface area contributed by atoms with E-state index in [4.69, 9.17) is 5.21 Å². The molecule has 0 aliphatic carbocycles. The van der Waals surface area contributed by atoms with Crippen LogP contribution < -0.4 is 5.48 Å². The van der Waals surface area contributed by atoms with Crippen molar-refractivity contribution in [3.8, 4) is 11.1 Å². The molecular formula is C26H28N4O3. The summed E-state index contributed by atoms with van der Waals surface area (Å²) in [6.07, 6.45) is 3.54. The Morgan fingerprint density at radius 1 is 0.970 bits per heavy atom. The lowest BCUT2D eigenvalue weighted by Crippen LogP contribution is -2.58. The van der Waals surface area contributed by atoms with Crippen LogP contribution in [0.4, 0.5) is 0 Å². The molecule has 33 heavy (non-hydrogen) atoms. The van der Waals surface area contributed by atoms with Gasteiger partial charge in [-0.2, -0.15) is 0 Å². The van der Waals surface area contributed by atoms with Gasteiger partial charge in [0.1, 0.15) is 0 Å². The second-order valence-electron chi connectivity index (χ2n) is 8.56. The van der Waals surface area contributed by atoms with Gasteiger partial charge in [0, 0.05) is 60.8 Å². The van der Waals surface area contributed by atoms with Gasteiger partial charge in [0.05, 0.1) is 0 Å².